The molecule has 1 aliphatic rings. The number of nitrogens with zero attached hydrogens (tertiary/aromatic N) is 1. The lowest BCUT2D eigenvalue weighted by atomic mass is 9.77. The van der Waals surface area contributed by atoms with Crippen molar-refractivity contribution in [2.45, 2.75) is 129 Å². The predicted molar refractivity (Wildman–Crippen MR) is 160 cm³/mol. The Labute approximate surface area is 230 Å². The van der Waals surface area contributed by atoms with Crippen LogP contribution in [0.15, 0.2) is 47.0 Å². The van der Waals surface area contributed by atoms with Crippen molar-refractivity contribution in [2.75, 3.05) is 0 Å². The molecule has 4 rings (SSSR count). The van der Waals surface area contributed by atoms with Crippen LogP contribution < -0.4 is 0 Å². The van der Waals surface area contributed by atoms with Gasteiger partial charge in [-0.3, -0.25) is 0 Å². The molecule has 0 unspecified atom stereocenters. The average Bonchev–Trinajstić information content (AvgIpc) is 3.61. The van der Waals surface area contributed by atoms with Gasteiger partial charge >= 0.3 is 0 Å². The highest BCUT2D eigenvalue weighted by Gasteiger charge is 2.22. The summed E-state index contributed by atoms with van der Waals surface area (Å²) >= 11 is 1.86. The fourth-order valence-corrected chi connectivity index (χ4v) is 7.00. The maximum Gasteiger partial charge on any atom is 0.177 e. The van der Waals surface area contributed by atoms with Crippen LogP contribution in [-0.2, 0) is 6.42 Å². The van der Waals surface area contributed by atoms with Gasteiger partial charge in [-0.05, 0) is 68.1 Å². The summed E-state index contributed by atoms with van der Waals surface area (Å²) in [6, 6.07) is 15.7. The number of thiophene rings is 1. The van der Waals surface area contributed by atoms with E-state index >= 15 is 0 Å². The maximum atomic E-state index is 5.77. The maximum absolute atomic E-state index is 5.77. The zero-order chi connectivity index (χ0) is 25.7. The van der Waals surface area contributed by atoms with Gasteiger partial charge in [0.1, 0.15) is 5.69 Å². The first-order chi connectivity index (χ1) is 18.3. The van der Waals surface area contributed by atoms with Gasteiger partial charge in [-0.15, -0.1) is 11.3 Å². The van der Waals surface area contributed by atoms with E-state index in [1.54, 1.807) is 0 Å². The number of hydrogen-bond donors (Lipinski definition) is 0. The summed E-state index contributed by atoms with van der Waals surface area (Å²) in [7, 11) is 0. The lowest BCUT2D eigenvalue weighted by Crippen LogP contribution is -2.13. The summed E-state index contributed by atoms with van der Waals surface area (Å²) in [6.45, 7) is 4.59. The third-order valence-corrected chi connectivity index (χ3v) is 9.59. The van der Waals surface area contributed by atoms with E-state index in [9.17, 15) is 0 Å². The van der Waals surface area contributed by atoms with Crippen molar-refractivity contribution in [2.24, 2.45) is 5.92 Å². The molecule has 1 aliphatic carbocycles. The van der Waals surface area contributed by atoms with Gasteiger partial charge in [-0.1, -0.05) is 114 Å². The highest BCUT2D eigenvalue weighted by Crippen LogP contribution is 2.38. The van der Waals surface area contributed by atoms with Crippen LogP contribution in [0, 0.1) is 5.92 Å². The Morgan fingerprint density at radius 3 is 2.16 bits per heavy atom. The Bertz CT molecular complexity index is 1010. The zero-order valence-electron chi connectivity index (χ0n) is 23.5. The number of rotatable bonds is 16. The second-order valence-electron chi connectivity index (χ2n) is 11.4. The molecule has 37 heavy (non-hydrogen) atoms. The average molecular weight is 520 g/mol. The van der Waals surface area contributed by atoms with E-state index in [1.807, 2.05) is 11.3 Å². The molecule has 2 heterocycles. The van der Waals surface area contributed by atoms with Crippen molar-refractivity contribution in [1.29, 1.82) is 0 Å². The van der Waals surface area contributed by atoms with Crippen LogP contribution in [0.1, 0.15) is 133 Å². The predicted octanol–water partition coefficient (Wildman–Crippen LogP) is 11.6. The second-order valence-corrected chi connectivity index (χ2v) is 12.6. The topological polar surface area (TPSA) is 26.0 Å². The van der Waals surface area contributed by atoms with Crippen LogP contribution in [0.4, 0.5) is 0 Å². The molecule has 2 aromatic heterocycles. The largest absolute Gasteiger partial charge is 0.355 e. The molecular formula is C34H49NOS. The number of hydrogen-bond acceptors (Lipinski definition) is 3. The summed E-state index contributed by atoms with van der Waals surface area (Å²) in [6.07, 6.45) is 23.3. The molecule has 3 aromatic rings. The zero-order valence-corrected chi connectivity index (χ0v) is 24.3. The minimum Gasteiger partial charge on any atom is -0.355 e. The van der Waals surface area contributed by atoms with Gasteiger partial charge in [-0.2, -0.15) is 0 Å². The monoisotopic (exact) mass is 519 g/mol. The Hall–Kier alpha value is -1.87. The van der Waals surface area contributed by atoms with E-state index in [2.05, 4.69) is 61.5 Å². The van der Waals surface area contributed by atoms with Gasteiger partial charge in [0.05, 0.1) is 4.88 Å². The molecule has 1 fully saturated rings. The number of unbranched alkanes of at least 4 members (excludes halogenated alkanes) is 9. The van der Waals surface area contributed by atoms with Gasteiger partial charge in [0.2, 0.25) is 0 Å². The second kappa shape index (κ2) is 15.5. The van der Waals surface area contributed by atoms with E-state index < -0.39 is 0 Å². The minimum atomic E-state index is 0.731. The molecule has 0 spiro atoms. The molecule has 0 radical (unpaired) electrons. The van der Waals surface area contributed by atoms with Crippen molar-refractivity contribution in [3.05, 3.63) is 52.9 Å². The van der Waals surface area contributed by atoms with Crippen molar-refractivity contribution in [3.8, 4) is 21.9 Å². The van der Waals surface area contributed by atoms with Crippen LogP contribution in [0.5, 0.6) is 0 Å². The standard InChI is InChI=1S/C34H49NOS/c1-3-5-7-8-9-10-11-13-15-31-24-25-34(37-31)33-26-32(35-36-33)30-22-20-29(21-23-30)28-18-16-27(17-19-28)14-12-6-4-2/h20-28H,3-19H2,1-2H3. The van der Waals surface area contributed by atoms with E-state index in [-0.39, 0.29) is 0 Å². The van der Waals surface area contributed by atoms with Crippen LogP contribution >= 0.6 is 11.3 Å². The van der Waals surface area contributed by atoms with E-state index in [1.165, 1.54) is 124 Å². The van der Waals surface area contributed by atoms with Gasteiger partial charge in [0, 0.05) is 16.5 Å². The highest BCUT2D eigenvalue weighted by molar-refractivity contribution is 7.15. The molecule has 0 amide bonds. The van der Waals surface area contributed by atoms with Gasteiger partial charge in [0.15, 0.2) is 5.76 Å². The molecular weight excluding hydrogens is 470 g/mol. The fourth-order valence-electron chi connectivity index (χ4n) is 6.00. The lowest BCUT2D eigenvalue weighted by molar-refractivity contribution is 0.303. The fraction of sp³-hybridized carbons (Fsp3) is 0.618. The summed E-state index contributed by atoms with van der Waals surface area (Å²) in [5, 5.41) is 4.41. The SMILES string of the molecule is CCCCCCCCCCc1ccc(-c2cc(-c3ccc(C4CCC(CCCCC)CC4)cc3)no2)s1. The Balaban J connectivity index is 1.22. The molecule has 202 valence electrons. The molecule has 0 aliphatic heterocycles. The molecule has 2 nitrogen and oxygen atoms in total. The Morgan fingerprint density at radius 2 is 1.43 bits per heavy atom. The Kier molecular flexibility index (Phi) is 11.8. The van der Waals surface area contributed by atoms with Crippen LogP contribution in [-0.4, -0.2) is 5.16 Å². The number of aryl methyl sites for hydroxylation is 1. The van der Waals surface area contributed by atoms with E-state index in [0.29, 0.717) is 0 Å². The number of benzene rings is 1. The van der Waals surface area contributed by atoms with Crippen molar-refractivity contribution >= 4 is 11.3 Å². The molecule has 3 heteroatoms. The van der Waals surface area contributed by atoms with Crippen LogP contribution in [0.25, 0.3) is 21.9 Å². The summed E-state index contributed by atoms with van der Waals surface area (Å²) < 4.78 is 5.77. The molecule has 1 aromatic carbocycles. The van der Waals surface area contributed by atoms with Gasteiger partial charge in [-0.25, -0.2) is 0 Å². The molecule has 0 bridgehead atoms. The Morgan fingerprint density at radius 1 is 0.757 bits per heavy atom. The number of aromatic nitrogens is 1. The summed E-state index contributed by atoms with van der Waals surface area (Å²) in [4.78, 5) is 2.66. The lowest BCUT2D eigenvalue weighted by Gasteiger charge is -2.29. The first kappa shape index (κ1) is 28.1. The summed E-state index contributed by atoms with van der Waals surface area (Å²) in [5.74, 6) is 2.59. The van der Waals surface area contributed by atoms with E-state index in [4.69, 9.17) is 4.52 Å². The van der Waals surface area contributed by atoms with Crippen molar-refractivity contribution in [1.82, 2.24) is 5.16 Å². The molecule has 1 saturated carbocycles. The highest BCUT2D eigenvalue weighted by atomic mass is 32.1. The summed E-state index contributed by atoms with van der Waals surface area (Å²) in [5.41, 5.74) is 3.60. The molecule has 0 N–H and O–H groups in total. The van der Waals surface area contributed by atoms with E-state index in [0.717, 1.165) is 28.9 Å². The first-order valence-electron chi connectivity index (χ1n) is 15.4. The van der Waals surface area contributed by atoms with Gasteiger partial charge in [0.25, 0.3) is 0 Å². The first-order valence-corrected chi connectivity index (χ1v) is 16.2. The minimum absolute atomic E-state index is 0.731. The smallest absolute Gasteiger partial charge is 0.177 e. The van der Waals surface area contributed by atoms with Crippen LogP contribution in [0.2, 0.25) is 0 Å². The molecule has 0 saturated heterocycles. The quantitative estimate of drug-likeness (QED) is 0.176. The van der Waals surface area contributed by atoms with Crippen molar-refractivity contribution in [3.63, 3.8) is 0 Å². The third kappa shape index (κ3) is 8.84. The van der Waals surface area contributed by atoms with Gasteiger partial charge < -0.3 is 4.52 Å². The third-order valence-electron chi connectivity index (χ3n) is 8.43. The molecule has 0 atom stereocenters. The van der Waals surface area contributed by atoms with Crippen LogP contribution in [0.3, 0.4) is 0 Å². The normalized spacial score (nSPS) is 17.9. The van der Waals surface area contributed by atoms with Crippen molar-refractivity contribution < 1.29 is 4.52 Å².